The molecule has 0 spiro atoms. The average Bonchev–Trinajstić information content (AvgIpc) is 2.54. The fourth-order valence-corrected chi connectivity index (χ4v) is 2.40. The van der Waals surface area contributed by atoms with Crippen molar-refractivity contribution in [2.24, 2.45) is 5.92 Å². The molecule has 2 rings (SSSR count). The maximum atomic E-state index is 12.7. The van der Waals surface area contributed by atoms with Gasteiger partial charge in [0.15, 0.2) is 5.69 Å². The van der Waals surface area contributed by atoms with Crippen LogP contribution in [0.25, 0.3) is 0 Å². The third kappa shape index (κ3) is 3.87. The fourth-order valence-electron chi connectivity index (χ4n) is 2.25. The molecule has 0 aliphatic carbocycles. The lowest BCUT2D eigenvalue weighted by molar-refractivity contribution is -0.137. The average molecular weight is 323 g/mol. The van der Waals surface area contributed by atoms with E-state index in [0.29, 0.717) is 37.1 Å². The van der Waals surface area contributed by atoms with Crippen LogP contribution in [0, 0.1) is 17.2 Å². The van der Waals surface area contributed by atoms with Crippen molar-refractivity contribution in [2.45, 2.75) is 19.9 Å². The molecule has 0 bridgehead atoms. The van der Waals surface area contributed by atoms with Gasteiger partial charge in [0.2, 0.25) is 5.91 Å². The lowest BCUT2D eigenvalue weighted by atomic mass is 10.0. The van der Waals surface area contributed by atoms with Gasteiger partial charge in [-0.05, 0) is 18.1 Å². The van der Waals surface area contributed by atoms with Crippen LogP contribution in [-0.2, 0) is 9.53 Å². The third-order valence-electron chi connectivity index (χ3n) is 3.51. The lowest BCUT2D eigenvalue weighted by Gasteiger charge is -2.32. The number of hydrogen-bond acceptors (Lipinski definition) is 5. The van der Waals surface area contributed by atoms with Crippen molar-refractivity contribution in [1.82, 2.24) is 9.88 Å². The molecule has 1 aromatic heterocycles. The number of ether oxygens (including phenoxy) is 1. The molecule has 1 atom stereocenters. The van der Waals surface area contributed by atoms with Gasteiger partial charge in [0.05, 0.1) is 18.2 Å². The molecule has 118 valence electrons. The Morgan fingerprint density at radius 1 is 1.45 bits per heavy atom. The van der Waals surface area contributed by atoms with Crippen LogP contribution in [0.1, 0.15) is 19.5 Å². The maximum Gasteiger partial charge on any atom is 0.245 e. The Morgan fingerprint density at radius 3 is 2.73 bits per heavy atom. The van der Waals surface area contributed by atoms with Gasteiger partial charge in [-0.25, -0.2) is 4.98 Å². The minimum absolute atomic E-state index is 0.0218. The number of nitrogens with zero attached hydrogens (tertiary/aromatic N) is 3. The molecule has 22 heavy (non-hydrogen) atoms. The first-order valence-electron chi connectivity index (χ1n) is 7.22. The number of rotatable bonds is 4. The number of aromatic nitrogens is 1. The molecule has 1 aromatic rings. The number of anilines is 1. The van der Waals surface area contributed by atoms with Crippen LogP contribution in [0.15, 0.2) is 12.1 Å². The topological polar surface area (TPSA) is 78.2 Å². The number of nitrogens with one attached hydrogen (secondary N) is 1. The molecular formula is C15H19ClN4O2. The van der Waals surface area contributed by atoms with Gasteiger partial charge in [-0.2, -0.15) is 5.26 Å². The predicted molar refractivity (Wildman–Crippen MR) is 83.6 cm³/mol. The highest BCUT2D eigenvalue weighted by molar-refractivity contribution is 6.31. The number of carbonyl (C=O) groups excluding carboxylic acids is 1. The van der Waals surface area contributed by atoms with Gasteiger partial charge < -0.3 is 15.0 Å². The van der Waals surface area contributed by atoms with Gasteiger partial charge in [-0.15, -0.1) is 0 Å². The molecule has 6 nitrogen and oxygen atoms in total. The molecule has 0 radical (unpaired) electrons. The molecule has 1 saturated heterocycles. The number of morpholine rings is 1. The first-order chi connectivity index (χ1) is 10.5. The van der Waals surface area contributed by atoms with Crippen LogP contribution in [0.2, 0.25) is 5.02 Å². The summed E-state index contributed by atoms with van der Waals surface area (Å²) in [6.45, 7) is 6.26. The summed E-state index contributed by atoms with van der Waals surface area (Å²) < 4.78 is 5.27. The van der Waals surface area contributed by atoms with Crippen LogP contribution in [0.5, 0.6) is 0 Å². The quantitative estimate of drug-likeness (QED) is 0.916. The van der Waals surface area contributed by atoms with E-state index < -0.39 is 6.04 Å². The molecule has 1 N–H and O–H groups in total. The van der Waals surface area contributed by atoms with Crippen molar-refractivity contribution in [1.29, 1.82) is 5.26 Å². The second kappa shape index (κ2) is 7.43. The molecule has 1 unspecified atom stereocenters. The summed E-state index contributed by atoms with van der Waals surface area (Å²) in [4.78, 5) is 18.6. The zero-order valence-electron chi connectivity index (χ0n) is 12.7. The summed E-state index contributed by atoms with van der Waals surface area (Å²) in [7, 11) is 0. The van der Waals surface area contributed by atoms with Crippen LogP contribution < -0.4 is 5.32 Å². The number of amides is 1. The monoisotopic (exact) mass is 322 g/mol. The van der Waals surface area contributed by atoms with Gasteiger partial charge >= 0.3 is 0 Å². The SMILES string of the molecule is CC(C)C(Nc1ccc(Cl)c(C#N)n1)C(=O)N1CCOCC1. The Bertz CT molecular complexity index is 579. The minimum atomic E-state index is -0.404. The second-order valence-electron chi connectivity index (χ2n) is 5.44. The molecular weight excluding hydrogens is 304 g/mol. The van der Waals surface area contributed by atoms with E-state index in [1.807, 2.05) is 19.9 Å². The van der Waals surface area contributed by atoms with Crippen molar-refractivity contribution in [3.05, 3.63) is 22.8 Å². The Balaban J connectivity index is 2.15. The zero-order valence-corrected chi connectivity index (χ0v) is 13.4. The predicted octanol–water partition coefficient (Wildman–Crippen LogP) is 1.90. The molecule has 7 heteroatoms. The summed E-state index contributed by atoms with van der Waals surface area (Å²) in [5.41, 5.74) is 0.146. The van der Waals surface area contributed by atoms with E-state index in [0.717, 1.165) is 0 Å². The highest BCUT2D eigenvalue weighted by Gasteiger charge is 2.28. The number of halogens is 1. The van der Waals surface area contributed by atoms with Gasteiger partial charge in [-0.1, -0.05) is 25.4 Å². The summed E-state index contributed by atoms with van der Waals surface area (Å²) in [5.74, 6) is 0.577. The van der Waals surface area contributed by atoms with Crippen molar-refractivity contribution in [2.75, 3.05) is 31.6 Å². The molecule has 1 aliphatic heterocycles. The number of carbonyl (C=O) groups is 1. The largest absolute Gasteiger partial charge is 0.378 e. The Kier molecular flexibility index (Phi) is 5.58. The van der Waals surface area contributed by atoms with Crippen LogP contribution >= 0.6 is 11.6 Å². The Hall–Kier alpha value is -1.84. The van der Waals surface area contributed by atoms with Crippen LogP contribution in [0.4, 0.5) is 5.82 Å². The maximum absolute atomic E-state index is 12.7. The van der Waals surface area contributed by atoms with Gasteiger partial charge in [-0.3, -0.25) is 4.79 Å². The molecule has 1 fully saturated rings. The van der Waals surface area contributed by atoms with E-state index in [-0.39, 0.29) is 17.5 Å². The number of nitriles is 1. The summed E-state index contributed by atoms with van der Waals surface area (Å²) in [5, 5.41) is 12.4. The van der Waals surface area contributed by atoms with E-state index in [2.05, 4.69) is 10.3 Å². The summed E-state index contributed by atoms with van der Waals surface area (Å²) in [6, 6.07) is 4.81. The van der Waals surface area contributed by atoms with Gasteiger partial charge in [0.1, 0.15) is 17.9 Å². The van der Waals surface area contributed by atoms with E-state index in [1.165, 1.54) is 0 Å². The highest BCUT2D eigenvalue weighted by atomic mass is 35.5. The lowest BCUT2D eigenvalue weighted by Crippen LogP contribution is -2.49. The van der Waals surface area contributed by atoms with Crippen molar-refractivity contribution in [3.63, 3.8) is 0 Å². The van der Waals surface area contributed by atoms with E-state index in [4.69, 9.17) is 21.6 Å². The summed E-state index contributed by atoms with van der Waals surface area (Å²) in [6.07, 6.45) is 0. The Labute approximate surface area is 135 Å². The molecule has 2 heterocycles. The van der Waals surface area contributed by atoms with E-state index >= 15 is 0 Å². The van der Waals surface area contributed by atoms with E-state index in [1.54, 1.807) is 17.0 Å². The van der Waals surface area contributed by atoms with Crippen molar-refractivity contribution < 1.29 is 9.53 Å². The Morgan fingerprint density at radius 2 is 2.14 bits per heavy atom. The van der Waals surface area contributed by atoms with Crippen molar-refractivity contribution >= 4 is 23.3 Å². The minimum Gasteiger partial charge on any atom is -0.378 e. The highest BCUT2D eigenvalue weighted by Crippen LogP contribution is 2.19. The number of pyridine rings is 1. The standard InChI is InChI=1S/C15H19ClN4O2/c1-10(2)14(15(21)20-5-7-22-8-6-20)19-13-4-3-11(16)12(9-17)18-13/h3-4,10,14H,5-8H2,1-2H3,(H,18,19). The smallest absolute Gasteiger partial charge is 0.245 e. The number of hydrogen-bond donors (Lipinski definition) is 1. The van der Waals surface area contributed by atoms with Gasteiger partial charge in [0, 0.05) is 13.1 Å². The molecule has 1 aliphatic rings. The molecule has 1 amide bonds. The first-order valence-corrected chi connectivity index (χ1v) is 7.60. The van der Waals surface area contributed by atoms with Crippen LogP contribution in [-0.4, -0.2) is 48.1 Å². The molecule has 0 saturated carbocycles. The van der Waals surface area contributed by atoms with Crippen LogP contribution in [0.3, 0.4) is 0 Å². The van der Waals surface area contributed by atoms with E-state index in [9.17, 15) is 4.79 Å². The molecule has 0 aromatic carbocycles. The first kappa shape index (κ1) is 16.5. The summed E-state index contributed by atoms with van der Waals surface area (Å²) >= 11 is 5.88. The fraction of sp³-hybridized carbons (Fsp3) is 0.533. The normalized spacial score (nSPS) is 16.2. The van der Waals surface area contributed by atoms with Crippen molar-refractivity contribution in [3.8, 4) is 6.07 Å². The third-order valence-corrected chi connectivity index (χ3v) is 3.82. The van der Waals surface area contributed by atoms with Gasteiger partial charge in [0.25, 0.3) is 0 Å². The zero-order chi connectivity index (χ0) is 16.1. The second-order valence-corrected chi connectivity index (χ2v) is 5.85.